The molecule has 2 nitrogen and oxygen atoms in total. The molecule has 0 atom stereocenters. The summed E-state index contributed by atoms with van der Waals surface area (Å²) in [5.74, 6) is -0.846. The van der Waals surface area contributed by atoms with Crippen LogP contribution in [0.25, 0.3) is 6.08 Å². The van der Waals surface area contributed by atoms with Crippen molar-refractivity contribution >= 4 is 17.7 Å². The molecule has 0 spiro atoms. The summed E-state index contributed by atoms with van der Waals surface area (Å²) in [5.41, 5.74) is 0.485. The second-order valence-electron chi connectivity index (χ2n) is 2.39. The summed E-state index contributed by atoms with van der Waals surface area (Å²) in [5, 5.41) is 0. The molecule has 76 valence electrons. The van der Waals surface area contributed by atoms with Crippen LogP contribution in [-0.2, 0) is 6.18 Å². The minimum atomic E-state index is -4.49. The number of allylic oxidation sites excluding steroid dienone is 1. The summed E-state index contributed by atoms with van der Waals surface area (Å²) < 4.78 is 36.0. The molecule has 1 aromatic rings. The first-order chi connectivity index (χ1) is 6.54. The van der Waals surface area contributed by atoms with Crippen molar-refractivity contribution in [2.75, 3.05) is 5.88 Å². The minimum Gasteiger partial charge on any atom is -0.232 e. The second-order valence-corrected chi connectivity index (χ2v) is 2.70. The molecular weight excluding hydrogens is 217 g/mol. The number of aromatic nitrogens is 2. The Hall–Kier alpha value is -1.10. The Bertz CT molecular complexity index is 318. The van der Waals surface area contributed by atoms with E-state index in [1.54, 1.807) is 12.2 Å². The first kappa shape index (κ1) is 11.0. The van der Waals surface area contributed by atoms with E-state index < -0.39 is 12.0 Å². The van der Waals surface area contributed by atoms with Crippen molar-refractivity contribution in [1.82, 2.24) is 9.97 Å². The Labute approximate surface area is 83.4 Å². The molecule has 0 fully saturated rings. The van der Waals surface area contributed by atoms with E-state index in [-0.39, 0.29) is 0 Å². The molecular formula is C8H6ClF3N2. The molecule has 0 aliphatic rings. The van der Waals surface area contributed by atoms with Crippen LogP contribution in [0.15, 0.2) is 18.5 Å². The summed E-state index contributed by atoms with van der Waals surface area (Å²) >= 11 is 5.35. The summed E-state index contributed by atoms with van der Waals surface area (Å²) in [6.07, 6.45) is 0.840. The lowest BCUT2D eigenvalue weighted by Gasteiger charge is -2.03. The lowest BCUT2D eigenvalue weighted by molar-refractivity contribution is -0.145. The van der Waals surface area contributed by atoms with Gasteiger partial charge in [0.15, 0.2) is 0 Å². The Balaban J connectivity index is 2.84. The molecule has 1 rings (SSSR count). The third-order valence-electron chi connectivity index (χ3n) is 1.32. The molecule has 0 aliphatic carbocycles. The lowest BCUT2D eigenvalue weighted by atomic mass is 10.3. The molecule has 1 aromatic heterocycles. The third-order valence-corrected chi connectivity index (χ3v) is 1.50. The average Bonchev–Trinajstić information content (AvgIpc) is 2.14. The molecule has 0 amide bonds. The number of hydrogen-bond donors (Lipinski definition) is 0. The van der Waals surface area contributed by atoms with Gasteiger partial charge in [0.05, 0.1) is 0 Å². The Morgan fingerprint density at radius 3 is 2.29 bits per heavy atom. The van der Waals surface area contributed by atoms with Crippen molar-refractivity contribution in [3.8, 4) is 0 Å². The number of hydrogen-bond acceptors (Lipinski definition) is 2. The van der Waals surface area contributed by atoms with Crippen LogP contribution in [0.2, 0.25) is 0 Å². The fourth-order valence-corrected chi connectivity index (χ4v) is 0.840. The predicted octanol–water partition coefficient (Wildman–Crippen LogP) is 2.75. The van der Waals surface area contributed by atoms with Crippen molar-refractivity contribution in [2.24, 2.45) is 0 Å². The van der Waals surface area contributed by atoms with Gasteiger partial charge < -0.3 is 0 Å². The third kappa shape index (κ3) is 2.99. The van der Waals surface area contributed by atoms with Crippen LogP contribution >= 0.6 is 11.6 Å². The summed E-state index contributed by atoms with van der Waals surface area (Å²) in [6.45, 7) is 0. The highest BCUT2D eigenvalue weighted by atomic mass is 35.5. The van der Waals surface area contributed by atoms with Gasteiger partial charge in [-0.2, -0.15) is 13.2 Å². The molecule has 0 aliphatic heterocycles. The van der Waals surface area contributed by atoms with E-state index in [1.807, 2.05) is 0 Å². The summed E-state index contributed by atoms with van der Waals surface area (Å²) in [6, 6.07) is 0. The van der Waals surface area contributed by atoms with Gasteiger partial charge in [-0.1, -0.05) is 12.2 Å². The van der Waals surface area contributed by atoms with Crippen LogP contribution in [0, 0.1) is 0 Å². The maximum absolute atomic E-state index is 12.0. The number of nitrogens with zero attached hydrogens (tertiary/aromatic N) is 2. The van der Waals surface area contributed by atoms with Gasteiger partial charge in [-0.05, 0) is 0 Å². The first-order valence-corrected chi connectivity index (χ1v) is 4.19. The molecule has 0 bridgehead atoms. The van der Waals surface area contributed by atoms with Crippen molar-refractivity contribution < 1.29 is 13.2 Å². The zero-order chi connectivity index (χ0) is 10.6. The van der Waals surface area contributed by atoms with Crippen LogP contribution in [0.4, 0.5) is 13.2 Å². The SMILES string of the molecule is FC(F)(F)c1ncc(C=CCCl)cn1. The largest absolute Gasteiger partial charge is 0.451 e. The number of rotatable bonds is 2. The second kappa shape index (κ2) is 4.41. The van der Waals surface area contributed by atoms with E-state index in [1.165, 1.54) is 0 Å². The summed E-state index contributed by atoms with van der Waals surface area (Å²) in [7, 11) is 0. The molecule has 0 unspecified atom stereocenters. The highest BCUT2D eigenvalue weighted by Gasteiger charge is 2.34. The lowest BCUT2D eigenvalue weighted by Crippen LogP contribution is -2.10. The highest BCUT2D eigenvalue weighted by molar-refractivity contribution is 6.19. The van der Waals surface area contributed by atoms with Gasteiger partial charge in [-0.3, -0.25) is 0 Å². The minimum absolute atomic E-state index is 0.293. The van der Waals surface area contributed by atoms with Crippen LogP contribution in [0.3, 0.4) is 0 Å². The first-order valence-electron chi connectivity index (χ1n) is 3.66. The standard InChI is InChI=1S/C8H6ClF3N2/c9-3-1-2-6-4-13-7(14-5-6)8(10,11)12/h1-2,4-5H,3H2. The Morgan fingerprint density at radius 2 is 1.86 bits per heavy atom. The van der Waals surface area contributed by atoms with E-state index in [9.17, 15) is 13.2 Å². The van der Waals surface area contributed by atoms with Crippen LogP contribution in [-0.4, -0.2) is 15.8 Å². The van der Waals surface area contributed by atoms with Gasteiger partial charge in [0.2, 0.25) is 5.82 Å². The zero-order valence-corrected chi connectivity index (χ0v) is 7.68. The quantitative estimate of drug-likeness (QED) is 0.719. The van der Waals surface area contributed by atoms with E-state index in [0.717, 1.165) is 12.4 Å². The maximum atomic E-state index is 12.0. The summed E-state index contributed by atoms with van der Waals surface area (Å²) in [4.78, 5) is 6.34. The van der Waals surface area contributed by atoms with Crippen LogP contribution in [0.5, 0.6) is 0 Å². The van der Waals surface area contributed by atoms with E-state index in [0.29, 0.717) is 11.4 Å². The number of halogens is 4. The Morgan fingerprint density at radius 1 is 1.29 bits per heavy atom. The van der Waals surface area contributed by atoms with Gasteiger partial charge in [0.1, 0.15) is 0 Å². The van der Waals surface area contributed by atoms with Gasteiger partial charge in [-0.15, -0.1) is 11.6 Å². The fraction of sp³-hybridized carbons (Fsp3) is 0.250. The molecule has 0 saturated carbocycles. The van der Waals surface area contributed by atoms with E-state index >= 15 is 0 Å². The molecule has 0 radical (unpaired) electrons. The normalized spacial score (nSPS) is 12.3. The van der Waals surface area contributed by atoms with Gasteiger partial charge >= 0.3 is 6.18 Å². The maximum Gasteiger partial charge on any atom is 0.451 e. The van der Waals surface area contributed by atoms with Crippen molar-refractivity contribution in [1.29, 1.82) is 0 Å². The zero-order valence-electron chi connectivity index (χ0n) is 6.92. The fourth-order valence-electron chi connectivity index (χ4n) is 0.751. The molecule has 1 heterocycles. The predicted molar refractivity (Wildman–Crippen MR) is 46.8 cm³/mol. The molecule has 0 saturated heterocycles. The van der Waals surface area contributed by atoms with Crippen molar-refractivity contribution in [3.05, 3.63) is 29.9 Å². The van der Waals surface area contributed by atoms with E-state index in [4.69, 9.17) is 11.6 Å². The van der Waals surface area contributed by atoms with Gasteiger partial charge in [0, 0.05) is 23.8 Å². The highest BCUT2D eigenvalue weighted by Crippen LogP contribution is 2.25. The van der Waals surface area contributed by atoms with Crippen LogP contribution in [0.1, 0.15) is 11.4 Å². The van der Waals surface area contributed by atoms with Gasteiger partial charge in [0.25, 0.3) is 0 Å². The van der Waals surface area contributed by atoms with Gasteiger partial charge in [-0.25, -0.2) is 9.97 Å². The monoisotopic (exact) mass is 222 g/mol. The van der Waals surface area contributed by atoms with E-state index in [2.05, 4.69) is 9.97 Å². The van der Waals surface area contributed by atoms with Crippen molar-refractivity contribution in [2.45, 2.75) is 6.18 Å². The smallest absolute Gasteiger partial charge is 0.232 e. The average molecular weight is 223 g/mol. The Kier molecular flexibility index (Phi) is 3.46. The molecule has 0 N–H and O–H groups in total. The number of alkyl halides is 4. The van der Waals surface area contributed by atoms with Crippen LogP contribution < -0.4 is 0 Å². The van der Waals surface area contributed by atoms with Crippen molar-refractivity contribution in [3.63, 3.8) is 0 Å². The molecule has 6 heteroatoms. The molecule has 0 aromatic carbocycles. The topological polar surface area (TPSA) is 25.8 Å². The molecule has 14 heavy (non-hydrogen) atoms.